The van der Waals surface area contributed by atoms with Gasteiger partial charge in [0.15, 0.2) is 0 Å². The molecule has 0 saturated carbocycles. The number of morpholine rings is 1. The molecule has 0 unspecified atom stereocenters. The van der Waals surface area contributed by atoms with Crippen molar-refractivity contribution in [2.45, 2.75) is 26.2 Å². The number of fused-ring (bicyclic) bond motifs is 1. The molecular formula is C17H23N3O. The lowest BCUT2D eigenvalue weighted by atomic mass is 9.91. The van der Waals surface area contributed by atoms with E-state index in [4.69, 9.17) is 15.5 Å². The molecule has 21 heavy (non-hydrogen) atoms. The molecule has 2 N–H and O–H groups in total. The zero-order valence-electron chi connectivity index (χ0n) is 13.0. The zero-order valence-corrected chi connectivity index (χ0v) is 13.0. The predicted molar refractivity (Wildman–Crippen MR) is 87.9 cm³/mol. The Morgan fingerprint density at radius 3 is 2.52 bits per heavy atom. The van der Waals surface area contributed by atoms with Crippen molar-refractivity contribution < 1.29 is 4.74 Å². The number of anilines is 2. The van der Waals surface area contributed by atoms with Gasteiger partial charge in [-0.3, -0.25) is 4.98 Å². The summed E-state index contributed by atoms with van der Waals surface area (Å²) in [5.41, 5.74) is 10.3. The summed E-state index contributed by atoms with van der Waals surface area (Å²) >= 11 is 0. The second-order valence-electron chi connectivity index (χ2n) is 6.65. The molecule has 0 amide bonds. The maximum atomic E-state index is 6.27. The molecule has 1 aliphatic rings. The van der Waals surface area contributed by atoms with E-state index in [0.29, 0.717) is 0 Å². The third kappa shape index (κ3) is 2.81. The van der Waals surface area contributed by atoms with Crippen LogP contribution in [0.2, 0.25) is 0 Å². The van der Waals surface area contributed by atoms with Crippen molar-refractivity contribution in [3.63, 3.8) is 0 Å². The number of hydrogen-bond acceptors (Lipinski definition) is 4. The van der Waals surface area contributed by atoms with Crippen LogP contribution in [-0.2, 0) is 10.2 Å². The molecule has 0 bridgehead atoms. The molecule has 1 saturated heterocycles. The summed E-state index contributed by atoms with van der Waals surface area (Å²) in [4.78, 5) is 7.10. The molecule has 3 rings (SSSR count). The first kappa shape index (κ1) is 14.1. The molecule has 0 radical (unpaired) electrons. The van der Waals surface area contributed by atoms with Gasteiger partial charge in [0.25, 0.3) is 0 Å². The van der Waals surface area contributed by atoms with Crippen molar-refractivity contribution in [2.24, 2.45) is 0 Å². The number of nitrogen functional groups attached to an aromatic ring is 1. The molecule has 1 aromatic heterocycles. The monoisotopic (exact) mass is 285 g/mol. The van der Waals surface area contributed by atoms with E-state index < -0.39 is 0 Å². The van der Waals surface area contributed by atoms with Gasteiger partial charge < -0.3 is 15.4 Å². The van der Waals surface area contributed by atoms with Crippen LogP contribution < -0.4 is 10.6 Å². The highest BCUT2D eigenvalue weighted by atomic mass is 16.5. The van der Waals surface area contributed by atoms with Gasteiger partial charge >= 0.3 is 0 Å². The molecule has 0 spiro atoms. The summed E-state index contributed by atoms with van der Waals surface area (Å²) in [6.45, 7) is 9.90. The van der Waals surface area contributed by atoms with Gasteiger partial charge in [-0.05, 0) is 24.3 Å². The van der Waals surface area contributed by atoms with Crippen LogP contribution >= 0.6 is 0 Å². The molecule has 1 fully saturated rings. The number of benzene rings is 1. The van der Waals surface area contributed by atoms with Crippen LogP contribution in [0.5, 0.6) is 0 Å². The fourth-order valence-electron chi connectivity index (χ4n) is 2.64. The molecule has 2 aromatic rings. The molecule has 2 heterocycles. The average molecular weight is 285 g/mol. The van der Waals surface area contributed by atoms with E-state index in [-0.39, 0.29) is 5.41 Å². The van der Waals surface area contributed by atoms with Crippen molar-refractivity contribution in [1.82, 2.24) is 4.98 Å². The number of hydrogen-bond donors (Lipinski definition) is 1. The Morgan fingerprint density at radius 1 is 1.14 bits per heavy atom. The van der Waals surface area contributed by atoms with Gasteiger partial charge in [-0.15, -0.1) is 0 Å². The van der Waals surface area contributed by atoms with Crippen LogP contribution in [0.25, 0.3) is 10.9 Å². The second-order valence-corrected chi connectivity index (χ2v) is 6.65. The fraction of sp³-hybridized carbons (Fsp3) is 0.471. The summed E-state index contributed by atoms with van der Waals surface area (Å²) < 4.78 is 5.41. The van der Waals surface area contributed by atoms with Gasteiger partial charge in [0.2, 0.25) is 0 Å². The number of ether oxygens (including phenoxy) is 1. The van der Waals surface area contributed by atoms with Crippen LogP contribution in [0.4, 0.5) is 11.4 Å². The molecule has 0 atom stereocenters. The highest BCUT2D eigenvalue weighted by Gasteiger charge is 2.18. The Labute approximate surface area is 125 Å². The lowest BCUT2D eigenvalue weighted by Gasteiger charge is -2.29. The van der Waals surface area contributed by atoms with Crippen LogP contribution in [-0.4, -0.2) is 31.3 Å². The summed E-state index contributed by atoms with van der Waals surface area (Å²) in [7, 11) is 0. The van der Waals surface area contributed by atoms with E-state index in [0.717, 1.165) is 48.6 Å². The molecule has 0 aliphatic carbocycles. The van der Waals surface area contributed by atoms with Crippen LogP contribution in [0.3, 0.4) is 0 Å². The van der Waals surface area contributed by atoms with Gasteiger partial charge in [0.1, 0.15) is 0 Å². The van der Waals surface area contributed by atoms with Gasteiger partial charge in [-0.1, -0.05) is 20.8 Å². The minimum atomic E-state index is 0.00515. The van der Waals surface area contributed by atoms with Crippen LogP contribution in [0.15, 0.2) is 24.3 Å². The first-order valence-corrected chi connectivity index (χ1v) is 7.48. The summed E-state index contributed by atoms with van der Waals surface area (Å²) in [6.07, 6.45) is 0. The zero-order chi connectivity index (χ0) is 15.0. The lowest BCUT2D eigenvalue weighted by molar-refractivity contribution is 0.122. The summed E-state index contributed by atoms with van der Waals surface area (Å²) in [5, 5.41) is 1.03. The van der Waals surface area contributed by atoms with Crippen molar-refractivity contribution in [3.05, 3.63) is 30.0 Å². The van der Waals surface area contributed by atoms with Crippen molar-refractivity contribution in [1.29, 1.82) is 0 Å². The standard InChI is InChI=1S/C17H23N3O/c1-17(2,3)16-11-14(18)13-10-12(4-5-15(13)19-16)20-6-8-21-9-7-20/h4-5,10-11H,6-9H2,1-3H3,(H2,18,19). The third-order valence-corrected chi connectivity index (χ3v) is 3.97. The van der Waals surface area contributed by atoms with Crippen molar-refractivity contribution in [3.8, 4) is 0 Å². The first-order valence-electron chi connectivity index (χ1n) is 7.48. The number of nitrogens with two attached hydrogens (primary N) is 1. The highest BCUT2D eigenvalue weighted by molar-refractivity contribution is 5.93. The molecule has 112 valence electrons. The Balaban J connectivity index is 2.04. The maximum absolute atomic E-state index is 6.27. The Bertz CT molecular complexity index is 655. The first-order chi connectivity index (χ1) is 9.95. The van der Waals surface area contributed by atoms with Gasteiger partial charge in [0, 0.05) is 41.0 Å². The second kappa shape index (κ2) is 5.19. The predicted octanol–water partition coefficient (Wildman–Crippen LogP) is 2.95. The van der Waals surface area contributed by atoms with E-state index >= 15 is 0 Å². The van der Waals surface area contributed by atoms with E-state index in [9.17, 15) is 0 Å². The van der Waals surface area contributed by atoms with Gasteiger partial charge in [0.05, 0.1) is 18.7 Å². The maximum Gasteiger partial charge on any atom is 0.0727 e. The van der Waals surface area contributed by atoms with Crippen LogP contribution in [0.1, 0.15) is 26.5 Å². The largest absolute Gasteiger partial charge is 0.398 e. The molecule has 4 heteroatoms. The molecule has 1 aliphatic heterocycles. The van der Waals surface area contributed by atoms with Crippen molar-refractivity contribution >= 4 is 22.3 Å². The van der Waals surface area contributed by atoms with Crippen molar-refractivity contribution in [2.75, 3.05) is 36.9 Å². The third-order valence-electron chi connectivity index (χ3n) is 3.97. The lowest BCUT2D eigenvalue weighted by Crippen LogP contribution is -2.36. The van der Waals surface area contributed by atoms with Gasteiger partial charge in [-0.2, -0.15) is 0 Å². The Kier molecular flexibility index (Phi) is 3.49. The normalized spacial score (nSPS) is 16.4. The fourth-order valence-corrected chi connectivity index (χ4v) is 2.64. The van der Waals surface area contributed by atoms with Gasteiger partial charge in [-0.25, -0.2) is 0 Å². The highest BCUT2D eigenvalue weighted by Crippen LogP contribution is 2.30. The average Bonchev–Trinajstić information content (AvgIpc) is 2.47. The SMILES string of the molecule is CC(C)(C)c1cc(N)c2cc(N3CCOCC3)ccc2n1. The van der Waals surface area contributed by atoms with E-state index in [1.165, 1.54) is 5.69 Å². The molecular weight excluding hydrogens is 262 g/mol. The number of aromatic nitrogens is 1. The topological polar surface area (TPSA) is 51.4 Å². The summed E-state index contributed by atoms with van der Waals surface area (Å²) in [5.74, 6) is 0. The smallest absolute Gasteiger partial charge is 0.0727 e. The summed E-state index contributed by atoms with van der Waals surface area (Å²) in [6, 6.07) is 8.36. The number of rotatable bonds is 1. The van der Waals surface area contributed by atoms with Crippen LogP contribution in [0, 0.1) is 0 Å². The molecule has 1 aromatic carbocycles. The minimum Gasteiger partial charge on any atom is -0.398 e. The van der Waals surface area contributed by atoms with E-state index in [1.807, 2.05) is 6.07 Å². The quantitative estimate of drug-likeness (QED) is 0.875. The number of pyridine rings is 1. The Hall–Kier alpha value is -1.81. The van der Waals surface area contributed by atoms with E-state index in [2.05, 4.69) is 43.9 Å². The molecule has 4 nitrogen and oxygen atoms in total. The van der Waals surface area contributed by atoms with E-state index in [1.54, 1.807) is 0 Å². The number of nitrogens with zero attached hydrogens (tertiary/aromatic N) is 2. The minimum absolute atomic E-state index is 0.00515. The Morgan fingerprint density at radius 2 is 1.86 bits per heavy atom.